The van der Waals surface area contributed by atoms with Crippen LogP contribution in [0.25, 0.3) is 11.3 Å². The number of imidazole rings is 1. The van der Waals surface area contributed by atoms with Crippen molar-refractivity contribution in [3.63, 3.8) is 0 Å². The Labute approximate surface area is 145 Å². The average Bonchev–Trinajstić information content (AvgIpc) is 3.36. The highest BCUT2D eigenvalue weighted by atomic mass is 16.3. The van der Waals surface area contributed by atoms with Crippen LogP contribution >= 0.6 is 0 Å². The Kier molecular flexibility index (Phi) is 3.89. The Morgan fingerprint density at radius 2 is 1.76 bits per heavy atom. The molecule has 0 aliphatic heterocycles. The molecule has 2 aromatic carbocycles. The van der Waals surface area contributed by atoms with Crippen LogP contribution in [-0.2, 0) is 0 Å². The first-order valence-electron chi connectivity index (χ1n) is 7.98. The zero-order chi connectivity index (χ0) is 17.1. The van der Waals surface area contributed by atoms with Gasteiger partial charge in [0, 0.05) is 18.0 Å². The van der Waals surface area contributed by atoms with Crippen molar-refractivity contribution in [2.45, 2.75) is 6.04 Å². The van der Waals surface area contributed by atoms with Crippen LogP contribution < -0.4 is 0 Å². The number of aromatic nitrogens is 2. The molecule has 0 amide bonds. The van der Waals surface area contributed by atoms with Gasteiger partial charge in [0.15, 0.2) is 0 Å². The van der Waals surface area contributed by atoms with Crippen molar-refractivity contribution >= 4 is 0 Å². The summed E-state index contributed by atoms with van der Waals surface area (Å²) in [5, 5.41) is 9.01. The number of benzene rings is 2. The molecule has 0 N–H and O–H groups in total. The van der Waals surface area contributed by atoms with Gasteiger partial charge in [-0.25, -0.2) is 4.98 Å². The second-order valence-corrected chi connectivity index (χ2v) is 5.71. The van der Waals surface area contributed by atoms with Crippen LogP contribution in [0.15, 0.2) is 89.9 Å². The van der Waals surface area contributed by atoms with Crippen LogP contribution in [0.1, 0.15) is 22.9 Å². The highest BCUT2D eigenvalue weighted by Gasteiger charge is 2.20. The fourth-order valence-corrected chi connectivity index (χ4v) is 2.90. The summed E-state index contributed by atoms with van der Waals surface area (Å²) in [6.45, 7) is 0. The van der Waals surface area contributed by atoms with E-state index in [0.29, 0.717) is 5.56 Å². The quantitative estimate of drug-likeness (QED) is 0.548. The molecule has 4 heteroatoms. The van der Waals surface area contributed by atoms with Crippen molar-refractivity contribution in [2.24, 2.45) is 0 Å². The van der Waals surface area contributed by atoms with Gasteiger partial charge in [-0.05, 0) is 29.8 Å². The number of hydrogen-bond donors (Lipinski definition) is 0. The molecule has 0 saturated carbocycles. The van der Waals surface area contributed by atoms with Crippen LogP contribution in [0.5, 0.6) is 0 Å². The Morgan fingerprint density at radius 3 is 2.44 bits per heavy atom. The van der Waals surface area contributed by atoms with Gasteiger partial charge in [-0.2, -0.15) is 5.26 Å². The van der Waals surface area contributed by atoms with Crippen molar-refractivity contribution in [3.05, 3.63) is 102 Å². The molecule has 0 spiro atoms. The molecule has 4 rings (SSSR count). The Balaban J connectivity index is 1.77. The van der Waals surface area contributed by atoms with Crippen molar-refractivity contribution in [1.82, 2.24) is 9.55 Å². The van der Waals surface area contributed by atoms with E-state index in [4.69, 9.17) is 9.68 Å². The van der Waals surface area contributed by atoms with Crippen LogP contribution in [0.2, 0.25) is 0 Å². The highest BCUT2D eigenvalue weighted by molar-refractivity contribution is 5.57. The fourth-order valence-electron chi connectivity index (χ4n) is 2.90. The van der Waals surface area contributed by atoms with Crippen molar-refractivity contribution in [2.75, 3.05) is 0 Å². The molecule has 0 saturated heterocycles. The lowest BCUT2D eigenvalue weighted by atomic mass is 10.0. The smallest absolute Gasteiger partial charge is 0.134 e. The zero-order valence-corrected chi connectivity index (χ0v) is 13.4. The minimum Gasteiger partial charge on any atom is -0.459 e. The predicted molar refractivity (Wildman–Crippen MR) is 94.8 cm³/mol. The second-order valence-electron chi connectivity index (χ2n) is 5.71. The van der Waals surface area contributed by atoms with Gasteiger partial charge in [0.25, 0.3) is 0 Å². The van der Waals surface area contributed by atoms with Gasteiger partial charge in [-0.15, -0.1) is 0 Å². The molecule has 0 fully saturated rings. The van der Waals surface area contributed by atoms with E-state index in [0.717, 1.165) is 22.6 Å². The summed E-state index contributed by atoms with van der Waals surface area (Å²) in [6.07, 6.45) is 5.43. The number of nitrogens with zero attached hydrogens (tertiary/aromatic N) is 3. The lowest BCUT2D eigenvalue weighted by Crippen LogP contribution is -2.09. The Morgan fingerprint density at radius 1 is 0.960 bits per heavy atom. The molecular formula is C21H15N3O. The maximum atomic E-state index is 9.01. The summed E-state index contributed by atoms with van der Waals surface area (Å²) in [5.74, 6) is 1.65. The Hall–Kier alpha value is -3.58. The topological polar surface area (TPSA) is 54.8 Å². The fraction of sp³-hybridized carbons (Fsp3) is 0.0476. The molecule has 120 valence electrons. The van der Waals surface area contributed by atoms with Gasteiger partial charge in [0.1, 0.15) is 17.6 Å². The van der Waals surface area contributed by atoms with Crippen LogP contribution in [0.4, 0.5) is 0 Å². The van der Waals surface area contributed by atoms with Gasteiger partial charge in [0.2, 0.25) is 0 Å². The summed E-state index contributed by atoms with van der Waals surface area (Å²) in [7, 11) is 0. The van der Waals surface area contributed by atoms with E-state index in [1.54, 1.807) is 12.5 Å². The molecule has 0 aliphatic carbocycles. The van der Waals surface area contributed by atoms with Crippen molar-refractivity contribution in [1.29, 1.82) is 5.26 Å². The third-order valence-electron chi connectivity index (χ3n) is 4.13. The molecule has 25 heavy (non-hydrogen) atoms. The lowest BCUT2D eigenvalue weighted by Gasteiger charge is -2.17. The monoisotopic (exact) mass is 325 g/mol. The van der Waals surface area contributed by atoms with Gasteiger partial charge in [-0.3, -0.25) is 0 Å². The largest absolute Gasteiger partial charge is 0.459 e. The predicted octanol–water partition coefficient (Wildman–Crippen LogP) is 4.65. The molecule has 2 aromatic heterocycles. The number of furan rings is 1. The Bertz CT molecular complexity index is 993. The van der Waals surface area contributed by atoms with E-state index in [1.807, 2.05) is 77.5 Å². The number of rotatable bonds is 4. The van der Waals surface area contributed by atoms with Crippen LogP contribution in [0, 0.1) is 11.3 Å². The van der Waals surface area contributed by atoms with Crippen molar-refractivity contribution < 1.29 is 4.42 Å². The summed E-state index contributed by atoms with van der Waals surface area (Å²) in [5.41, 5.74) is 2.71. The van der Waals surface area contributed by atoms with Crippen molar-refractivity contribution in [3.8, 4) is 17.4 Å². The third-order valence-corrected chi connectivity index (χ3v) is 4.13. The lowest BCUT2D eigenvalue weighted by molar-refractivity contribution is 0.470. The molecule has 0 aliphatic rings. The number of hydrogen-bond acceptors (Lipinski definition) is 3. The molecule has 1 unspecified atom stereocenters. The van der Waals surface area contributed by atoms with Gasteiger partial charge in [0.05, 0.1) is 18.0 Å². The minimum absolute atomic E-state index is 0.132. The van der Waals surface area contributed by atoms with Crippen LogP contribution in [-0.4, -0.2) is 9.55 Å². The third kappa shape index (κ3) is 2.96. The number of nitriles is 1. The summed E-state index contributed by atoms with van der Waals surface area (Å²) < 4.78 is 8.15. The van der Waals surface area contributed by atoms with Crippen LogP contribution in [0.3, 0.4) is 0 Å². The maximum absolute atomic E-state index is 9.01. The SMILES string of the molecule is N#Cc1ccc(C(c2ccc(-c3ccccc3)o2)n2ccnc2)cc1. The molecule has 0 radical (unpaired) electrons. The first kappa shape index (κ1) is 15.0. The van der Waals surface area contributed by atoms with Gasteiger partial charge >= 0.3 is 0 Å². The first-order chi connectivity index (χ1) is 12.3. The molecule has 2 heterocycles. The van der Waals surface area contributed by atoms with E-state index in [2.05, 4.69) is 11.1 Å². The van der Waals surface area contributed by atoms with E-state index in [1.165, 1.54) is 0 Å². The van der Waals surface area contributed by atoms with E-state index >= 15 is 0 Å². The summed E-state index contributed by atoms with van der Waals surface area (Å²) in [6, 6.07) is 23.6. The zero-order valence-electron chi connectivity index (χ0n) is 13.4. The summed E-state index contributed by atoms with van der Waals surface area (Å²) in [4.78, 5) is 4.16. The first-order valence-corrected chi connectivity index (χ1v) is 7.98. The average molecular weight is 325 g/mol. The molecule has 1 atom stereocenters. The normalized spacial score (nSPS) is 11.8. The molecule has 0 bridgehead atoms. The maximum Gasteiger partial charge on any atom is 0.134 e. The highest BCUT2D eigenvalue weighted by Crippen LogP contribution is 2.31. The summed E-state index contributed by atoms with van der Waals surface area (Å²) >= 11 is 0. The van der Waals surface area contributed by atoms with Gasteiger partial charge < -0.3 is 8.98 Å². The van der Waals surface area contributed by atoms with E-state index in [9.17, 15) is 0 Å². The second kappa shape index (κ2) is 6.50. The molecule has 4 aromatic rings. The molecule has 4 nitrogen and oxygen atoms in total. The van der Waals surface area contributed by atoms with E-state index in [-0.39, 0.29) is 6.04 Å². The molecular weight excluding hydrogens is 310 g/mol. The standard InChI is InChI=1S/C21H15N3O/c22-14-16-6-8-18(9-7-16)21(24-13-12-23-15-24)20-11-10-19(25-20)17-4-2-1-3-5-17/h1-13,15,21H. The van der Waals surface area contributed by atoms with Gasteiger partial charge in [-0.1, -0.05) is 42.5 Å². The minimum atomic E-state index is -0.132. The van der Waals surface area contributed by atoms with E-state index < -0.39 is 0 Å².